The fourth-order valence-electron chi connectivity index (χ4n) is 3.36. The van der Waals surface area contributed by atoms with Crippen LogP contribution in [0.2, 0.25) is 0 Å². The van der Waals surface area contributed by atoms with Gasteiger partial charge in [-0.15, -0.1) is 10.2 Å². The zero-order chi connectivity index (χ0) is 16.1. The highest BCUT2D eigenvalue weighted by molar-refractivity contribution is 6.06. The number of hydrogen-bond acceptors (Lipinski definition) is 5. The molecular weight excluding hydrogens is 306 g/mol. The Hall–Kier alpha value is -3.03. The normalized spacial score (nSPS) is 16.4. The van der Waals surface area contributed by atoms with Crippen molar-refractivity contribution in [3.8, 4) is 11.4 Å². The predicted octanol–water partition coefficient (Wildman–Crippen LogP) is 1.60. The van der Waals surface area contributed by atoms with Gasteiger partial charge in [0.1, 0.15) is 5.69 Å². The molecule has 1 fully saturated rings. The molecule has 2 aliphatic rings. The number of carbonyl (C=O) groups excluding carboxylic acids is 1. The highest BCUT2D eigenvalue weighted by Gasteiger charge is 2.33. The van der Waals surface area contributed by atoms with Crippen LogP contribution in [0.1, 0.15) is 34.9 Å². The van der Waals surface area contributed by atoms with Gasteiger partial charge in [0.2, 0.25) is 5.82 Å². The first kappa shape index (κ1) is 13.4. The minimum absolute atomic E-state index is 0.00316. The van der Waals surface area contributed by atoms with Crippen LogP contribution in [-0.2, 0) is 6.42 Å². The Kier molecular flexibility index (Phi) is 2.79. The molecule has 0 radical (unpaired) electrons. The van der Waals surface area contributed by atoms with Crippen molar-refractivity contribution in [2.24, 2.45) is 0 Å². The number of aromatic nitrogens is 6. The molecule has 8 heteroatoms. The van der Waals surface area contributed by atoms with Gasteiger partial charge in [0.15, 0.2) is 0 Å². The second kappa shape index (κ2) is 4.98. The molecule has 0 saturated heterocycles. The molecule has 5 rings (SSSR count). The quantitative estimate of drug-likeness (QED) is 0.791. The van der Waals surface area contributed by atoms with Crippen molar-refractivity contribution in [1.29, 1.82) is 0 Å². The molecule has 0 bridgehead atoms. The number of rotatable bonds is 3. The molecule has 1 N–H and O–H groups in total. The lowest BCUT2D eigenvalue weighted by Crippen LogP contribution is -2.30. The standard InChI is InChI=1S/C16H15N7O/c24-16(14-6-8-17-23(14)10-4-5-10)22-9-7-11-12(2-1-3-13(11)22)15-18-20-21-19-15/h1-3,6,8,10H,4-5,7,9H2,(H,18,19,20,21). The smallest absolute Gasteiger partial charge is 0.276 e. The van der Waals surface area contributed by atoms with Crippen molar-refractivity contribution in [2.75, 3.05) is 11.4 Å². The maximum Gasteiger partial charge on any atom is 0.276 e. The summed E-state index contributed by atoms with van der Waals surface area (Å²) in [6, 6.07) is 8.05. The van der Waals surface area contributed by atoms with Crippen LogP contribution in [0.25, 0.3) is 11.4 Å². The molecule has 0 unspecified atom stereocenters. The number of hydrogen-bond donors (Lipinski definition) is 1. The zero-order valence-corrected chi connectivity index (χ0v) is 12.9. The van der Waals surface area contributed by atoms with Crippen molar-refractivity contribution in [3.05, 3.63) is 41.7 Å². The molecule has 0 atom stereocenters. The summed E-state index contributed by atoms with van der Waals surface area (Å²) in [5, 5.41) is 18.6. The van der Waals surface area contributed by atoms with Gasteiger partial charge < -0.3 is 4.90 Å². The lowest BCUT2D eigenvalue weighted by molar-refractivity contribution is 0.0978. The van der Waals surface area contributed by atoms with Gasteiger partial charge in [-0.2, -0.15) is 10.3 Å². The van der Waals surface area contributed by atoms with E-state index in [0.29, 0.717) is 24.1 Å². The number of tetrazole rings is 1. The Labute approximate surface area is 137 Å². The van der Waals surface area contributed by atoms with Gasteiger partial charge in [0, 0.05) is 24.0 Å². The number of fused-ring (bicyclic) bond motifs is 1. The van der Waals surface area contributed by atoms with E-state index in [1.54, 1.807) is 6.20 Å². The molecular formula is C16H15N7O. The first-order valence-electron chi connectivity index (χ1n) is 8.04. The molecule has 3 aromatic rings. The topological polar surface area (TPSA) is 92.6 Å². The summed E-state index contributed by atoms with van der Waals surface area (Å²) in [6.45, 7) is 0.652. The van der Waals surface area contributed by atoms with E-state index in [9.17, 15) is 4.79 Å². The third-order valence-corrected chi connectivity index (χ3v) is 4.64. The summed E-state index contributed by atoms with van der Waals surface area (Å²) in [5.74, 6) is 0.563. The highest BCUT2D eigenvalue weighted by atomic mass is 16.2. The van der Waals surface area contributed by atoms with Gasteiger partial charge in [-0.25, -0.2) is 0 Å². The molecule has 0 spiro atoms. The van der Waals surface area contributed by atoms with Crippen molar-refractivity contribution in [1.82, 2.24) is 30.4 Å². The van der Waals surface area contributed by atoms with Crippen LogP contribution in [0.4, 0.5) is 5.69 Å². The first-order chi connectivity index (χ1) is 11.8. The summed E-state index contributed by atoms with van der Waals surface area (Å²) >= 11 is 0. The van der Waals surface area contributed by atoms with Crippen LogP contribution >= 0.6 is 0 Å². The number of amides is 1. The van der Waals surface area contributed by atoms with E-state index >= 15 is 0 Å². The fraction of sp³-hybridized carbons (Fsp3) is 0.312. The third-order valence-electron chi connectivity index (χ3n) is 4.64. The maximum absolute atomic E-state index is 13.0. The molecule has 2 aromatic heterocycles. The largest absolute Gasteiger partial charge is 0.306 e. The lowest BCUT2D eigenvalue weighted by Gasteiger charge is -2.18. The van der Waals surface area contributed by atoms with E-state index in [2.05, 4.69) is 25.7 Å². The predicted molar refractivity (Wildman–Crippen MR) is 85.5 cm³/mol. The molecule has 1 amide bonds. The van der Waals surface area contributed by atoms with Gasteiger partial charge in [-0.1, -0.05) is 12.1 Å². The van der Waals surface area contributed by atoms with Crippen LogP contribution in [0.5, 0.6) is 0 Å². The van der Waals surface area contributed by atoms with Gasteiger partial charge >= 0.3 is 0 Å². The molecule has 24 heavy (non-hydrogen) atoms. The van der Waals surface area contributed by atoms with Crippen LogP contribution in [0.15, 0.2) is 30.5 Å². The molecule has 3 heterocycles. The number of benzene rings is 1. The van der Waals surface area contributed by atoms with Gasteiger partial charge in [-0.3, -0.25) is 9.48 Å². The molecule has 120 valence electrons. The summed E-state index contributed by atoms with van der Waals surface area (Å²) in [4.78, 5) is 14.9. The van der Waals surface area contributed by atoms with E-state index in [1.165, 1.54) is 0 Å². The van der Waals surface area contributed by atoms with E-state index in [4.69, 9.17) is 0 Å². The number of H-pyrrole nitrogens is 1. The average Bonchev–Trinajstić information content (AvgIpc) is 3.07. The number of carbonyl (C=O) groups is 1. The summed E-state index contributed by atoms with van der Waals surface area (Å²) < 4.78 is 1.86. The lowest BCUT2D eigenvalue weighted by atomic mass is 10.0. The minimum atomic E-state index is 0.00316. The summed E-state index contributed by atoms with van der Waals surface area (Å²) in [7, 11) is 0. The Morgan fingerprint density at radius 2 is 2.17 bits per heavy atom. The van der Waals surface area contributed by atoms with Crippen LogP contribution in [0, 0.1) is 0 Å². The second-order valence-electron chi connectivity index (χ2n) is 6.14. The zero-order valence-electron chi connectivity index (χ0n) is 12.9. The molecule has 1 aliphatic carbocycles. The molecule has 1 aromatic carbocycles. The van der Waals surface area contributed by atoms with Crippen LogP contribution in [-0.4, -0.2) is 42.9 Å². The van der Waals surface area contributed by atoms with Crippen molar-refractivity contribution in [3.63, 3.8) is 0 Å². The van der Waals surface area contributed by atoms with E-state index in [-0.39, 0.29) is 5.91 Å². The fourth-order valence-corrected chi connectivity index (χ4v) is 3.36. The number of aromatic amines is 1. The van der Waals surface area contributed by atoms with E-state index in [1.807, 2.05) is 33.8 Å². The van der Waals surface area contributed by atoms with Gasteiger partial charge in [-0.05, 0) is 42.2 Å². The Balaban J connectivity index is 1.54. The SMILES string of the molecule is O=C(c1ccnn1C1CC1)N1CCc2c(-c3nn[nH]n3)cccc21. The number of anilines is 1. The minimum Gasteiger partial charge on any atom is -0.306 e. The third kappa shape index (κ3) is 1.96. The highest BCUT2D eigenvalue weighted by Crippen LogP contribution is 2.38. The Morgan fingerprint density at radius 3 is 2.96 bits per heavy atom. The summed E-state index contributed by atoms with van der Waals surface area (Å²) in [5.41, 5.74) is 3.60. The second-order valence-corrected chi connectivity index (χ2v) is 6.14. The summed E-state index contributed by atoms with van der Waals surface area (Å²) in [6.07, 6.45) is 4.68. The molecule has 1 saturated carbocycles. The molecule has 8 nitrogen and oxygen atoms in total. The van der Waals surface area contributed by atoms with Gasteiger partial charge in [0.25, 0.3) is 5.91 Å². The van der Waals surface area contributed by atoms with Crippen molar-refractivity contribution in [2.45, 2.75) is 25.3 Å². The average molecular weight is 321 g/mol. The first-order valence-corrected chi connectivity index (χ1v) is 8.04. The maximum atomic E-state index is 13.0. The van der Waals surface area contributed by atoms with Crippen LogP contribution in [0.3, 0.4) is 0 Å². The monoisotopic (exact) mass is 321 g/mol. The van der Waals surface area contributed by atoms with E-state index in [0.717, 1.165) is 36.1 Å². The van der Waals surface area contributed by atoms with Crippen molar-refractivity contribution >= 4 is 11.6 Å². The van der Waals surface area contributed by atoms with Crippen LogP contribution < -0.4 is 4.90 Å². The number of nitrogens with zero attached hydrogens (tertiary/aromatic N) is 6. The molecule has 1 aliphatic heterocycles. The van der Waals surface area contributed by atoms with E-state index < -0.39 is 0 Å². The van der Waals surface area contributed by atoms with Gasteiger partial charge in [0.05, 0.1) is 6.04 Å². The Bertz CT molecular complexity index is 910. The number of nitrogens with one attached hydrogen (secondary N) is 1. The Morgan fingerprint density at radius 1 is 1.25 bits per heavy atom. The van der Waals surface area contributed by atoms with Crippen molar-refractivity contribution < 1.29 is 4.79 Å².